The van der Waals surface area contributed by atoms with Crippen molar-refractivity contribution in [2.75, 3.05) is 11.1 Å². The van der Waals surface area contributed by atoms with Crippen LogP contribution in [0.25, 0.3) is 10.9 Å². The van der Waals surface area contributed by atoms with Crippen LogP contribution in [0.4, 0.5) is 11.5 Å². The van der Waals surface area contributed by atoms with Gasteiger partial charge in [0.15, 0.2) is 11.5 Å². The zero-order chi connectivity index (χ0) is 13.4. The van der Waals surface area contributed by atoms with E-state index in [1.54, 1.807) is 24.3 Å². The van der Waals surface area contributed by atoms with E-state index in [4.69, 9.17) is 5.73 Å². The molecule has 3 aromatic rings. The van der Waals surface area contributed by atoms with E-state index in [1.165, 1.54) is 0 Å². The van der Waals surface area contributed by atoms with Gasteiger partial charge >= 0.3 is 0 Å². The van der Waals surface area contributed by atoms with Crippen molar-refractivity contribution in [1.29, 1.82) is 0 Å². The Morgan fingerprint density at radius 3 is 2.84 bits per heavy atom. The maximum absolute atomic E-state index is 12.1. The van der Waals surface area contributed by atoms with Crippen molar-refractivity contribution in [3.8, 4) is 0 Å². The molecule has 7 nitrogen and oxygen atoms in total. The van der Waals surface area contributed by atoms with E-state index < -0.39 is 0 Å². The Balaban J connectivity index is 1.95. The highest BCUT2D eigenvalue weighted by molar-refractivity contribution is 6.11. The summed E-state index contributed by atoms with van der Waals surface area (Å²) in [5.74, 6) is 0.130. The van der Waals surface area contributed by atoms with Crippen LogP contribution < -0.4 is 11.1 Å². The number of aromatic amines is 2. The number of aryl methyl sites for hydroxylation is 1. The average molecular weight is 256 g/mol. The molecule has 7 heteroatoms. The SMILES string of the molecule is Cc1cc(NC(=O)c2n[nH]c3ccc(N)cc23)n[nH]1. The van der Waals surface area contributed by atoms with Gasteiger partial charge in [-0.1, -0.05) is 0 Å². The van der Waals surface area contributed by atoms with Crippen molar-refractivity contribution in [3.63, 3.8) is 0 Å². The average Bonchev–Trinajstić information content (AvgIpc) is 2.95. The van der Waals surface area contributed by atoms with Crippen LogP contribution in [0, 0.1) is 6.92 Å². The number of hydrogen-bond donors (Lipinski definition) is 4. The Kier molecular flexibility index (Phi) is 2.45. The third kappa shape index (κ3) is 2.01. The molecule has 5 N–H and O–H groups in total. The molecule has 0 saturated heterocycles. The van der Waals surface area contributed by atoms with E-state index >= 15 is 0 Å². The largest absolute Gasteiger partial charge is 0.399 e. The molecular formula is C12H12N6O. The number of anilines is 2. The summed E-state index contributed by atoms with van der Waals surface area (Å²) in [5.41, 5.74) is 8.22. The number of carbonyl (C=O) groups is 1. The zero-order valence-electron chi connectivity index (χ0n) is 10.2. The van der Waals surface area contributed by atoms with Crippen molar-refractivity contribution in [2.24, 2.45) is 0 Å². The number of nitrogens with one attached hydrogen (secondary N) is 3. The molecule has 2 heterocycles. The van der Waals surface area contributed by atoms with Crippen LogP contribution in [0.3, 0.4) is 0 Å². The van der Waals surface area contributed by atoms with Gasteiger partial charge in [0, 0.05) is 22.8 Å². The third-order valence-electron chi connectivity index (χ3n) is 2.75. The highest BCUT2D eigenvalue weighted by Gasteiger charge is 2.15. The highest BCUT2D eigenvalue weighted by Crippen LogP contribution is 2.19. The maximum atomic E-state index is 12.1. The number of fused-ring (bicyclic) bond motifs is 1. The van der Waals surface area contributed by atoms with Crippen molar-refractivity contribution < 1.29 is 4.79 Å². The van der Waals surface area contributed by atoms with Crippen LogP contribution in [-0.4, -0.2) is 26.3 Å². The molecule has 0 aliphatic rings. The molecule has 0 spiro atoms. The van der Waals surface area contributed by atoms with E-state index in [1.807, 2.05) is 6.92 Å². The molecule has 96 valence electrons. The summed E-state index contributed by atoms with van der Waals surface area (Å²) >= 11 is 0. The molecule has 1 aromatic carbocycles. The standard InChI is InChI=1S/C12H12N6O/c1-6-4-10(17-15-6)14-12(19)11-8-5-7(13)2-3-9(8)16-18-11/h2-5H,13H2,1H3,(H,16,18)(H2,14,15,17,19). The summed E-state index contributed by atoms with van der Waals surface area (Å²) in [5, 5.41) is 16.9. The van der Waals surface area contributed by atoms with Gasteiger partial charge in [-0.15, -0.1) is 0 Å². The molecule has 0 bridgehead atoms. The molecular weight excluding hydrogens is 244 g/mol. The number of rotatable bonds is 2. The molecule has 3 rings (SSSR count). The van der Waals surface area contributed by atoms with E-state index in [0.717, 1.165) is 11.2 Å². The lowest BCUT2D eigenvalue weighted by Crippen LogP contribution is -2.13. The lowest BCUT2D eigenvalue weighted by atomic mass is 10.2. The normalized spacial score (nSPS) is 10.8. The summed E-state index contributed by atoms with van der Waals surface area (Å²) in [7, 11) is 0. The van der Waals surface area contributed by atoms with Gasteiger partial charge in [-0.3, -0.25) is 15.0 Å². The number of H-pyrrole nitrogens is 2. The Morgan fingerprint density at radius 1 is 1.26 bits per heavy atom. The van der Waals surface area contributed by atoms with E-state index in [2.05, 4.69) is 25.7 Å². The van der Waals surface area contributed by atoms with Crippen LogP contribution >= 0.6 is 0 Å². The van der Waals surface area contributed by atoms with E-state index in [9.17, 15) is 4.79 Å². The molecule has 0 saturated carbocycles. The Labute approximate surface area is 108 Å². The molecule has 0 fully saturated rings. The predicted molar refractivity (Wildman–Crippen MR) is 71.8 cm³/mol. The number of nitrogen functional groups attached to an aromatic ring is 1. The fraction of sp³-hybridized carbons (Fsp3) is 0.0833. The van der Waals surface area contributed by atoms with Gasteiger partial charge in [0.05, 0.1) is 5.52 Å². The second-order valence-electron chi connectivity index (χ2n) is 4.27. The molecule has 0 aliphatic carbocycles. The minimum Gasteiger partial charge on any atom is -0.399 e. The lowest BCUT2D eigenvalue weighted by molar-refractivity contribution is 0.102. The number of nitrogens with zero attached hydrogens (tertiary/aromatic N) is 2. The zero-order valence-corrected chi connectivity index (χ0v) is 10.2. The first kappa shape index (κ1) is 11.3. The van der Waals surface area contributed by atoms with Gasteiger partial charge < -0.3 is 11.1 Å². The third-order valence-corrected chi connectivity index (χ3v) is 2.75. The molecule has 2 aromatic heterocycles. The number of hydrogen-bond acceptors (Lipinski definition) is 4. The fourth-order valence-electron chi connectivity index (χ4n) is 1.86. The minimum absolute atomic E-state index is 0.294. The maximum Gasteiger partial charge on any atom is 0.278 e. The van der Waals surface area contributed by atoms with Crippen LogP contribution in [0.1, 0.15) is 16.2 Å². The number of nitrogens with two attached hydrogens (primary N) is 1. The second kappa shape index (κ2) is 4.13. The molecule has 0 unspecified atom stereocenters. The summed E-state index contributed by atoms with van der Waals surface area (Å²) < 4.78 is 0. The van der Waals surface area contributed by atoms with Gasteiger partial charge in [0.2, 0.25) is 0 Å². The van der Waals surface area contributed by atoms with Gasteiger partial charge in [-0.2, -0.15) is 10.2 Å². The topological polar surface area (TPSA) is 112 Å². The van der Waals surface area contributed by atoms with Crippen molar-refractivity contribution >= 4 is 28.3 Å². The number of benzene rings is 1. The van der Waals surface area contributed by atoms with Gasteiger partial charge in [0.25, 0.3) is 5.91 Å². The van der Waals surface area contributed by atoms with Crippen molar-refractivity contribution in [1.82, 2.24) is 20.4 Å². The first-order valence-corrected chi connectivity index (χ1v) is 5.70. The molecule has 1 amide bonds. The van der Waals surface area contributed by atoms with Crippen molar-refractivity contribution in [2.45, 2.75) is 6.92 Å². The predicted octanol–water partition coefficient (Wildman–Crippen LogP) is 1.43. The van der Waals surface area contributed by atoms with Crippen LogP contribution in [0.2, 0.25) is 0 Å². The Hall–Kier alpha value is -2.83. The second-order valence-corrected chi connectivity index (χ2v) is 4.27. The van der Waals surface area contributed by atoms with Crippen LogP contribution in [-0.2, 0) is 0 Å². The summed E-state index contributed by atoms with van der Waals surface area (Å²) in [4.78, 5) is 12.1. The fourth-order valence-corrected chi connectivity index (χ4v) is 1.86. The first-order valence-electron chi connectivity index (χ1n) is 5.70. The summed E-state index contributed by atoms with van der Waals surface area (Å²) in [6.45, 7) is 1.85. The van der Waals surface area contributed by atoms with Gasteiger partial charge in [-0.25, -0.2) is 0 Å². The summed E-state index contributed by atoms with van der Waals surface area (Å²) in [6, 6.07) is 6.98. The van der Waals surface area contributed by atoms with Crippen LogP contribution in [0.5, 0.6) is 0 Å². The smallest absolute Gasteiger partial charge is 0.278 e. The summed E-state index contributed by atoms with van der Waals surface area (Å²) in [6.07, 6.45) is 0. The van der Waals surface area contributed by atoms with E-state index in [0.29, 0.717) is 22.6 Å². The van der Waals surface area contributed by atoms with Gasteiger partial charge in [0.1, 0.15) is 0 Å². The quantitative estimate of drug-likeness (QED) is 0.519. The Morgan fingerprint density at radius 2 is 2.11 bits per heavy atom. The monoisotopic (exact) mass is 256 g/mol. The minimum atomic E-state index is -0.330. The molecule has 0 atom stereocenters. The number of aromatic nitrogens is 4. The molecule has 0 radical (unpaired) electrons. The molecule has 0 aliphatic heterocycles. The number of carbonyl (C=O) groups excluding carboxylic acids is 1. The van der Waals surface area contributed by atoms with Gasteiger partial charge in [-0.05, 0) is 25.1 Å². The van der Waals surface area contributed by atoms with Crippen molar-refractivity contribution in [3.05, 3.63) is 35.7 Å². The highest BCUT2D eigenvalue weighted by atomic mass is 16.2. The molecule has 19 heavy (non-hydrogen) atoms. The van der Waals surface area contributed by atoms with Crippen LogP contribution in [0.15, 0.2) is 24.3 Å². The lowest BCUT2D eigenvalue weighted by Gasteiger charge is -1.99. The Bertz CT molecular complexity index is 757. The number of amides is 1. The van der Waals surface area contributed by atoms with E-state index in [-0.39, 0.29) is 5.91 Å². The first-order chi connectivity index (χ1) is 9.13.